The van der Waals surface area contributed by atoms with E-state index in [1.807, 2.05) is 68.1 Å². The molecule has 0 saturated carbocycles. The molecule has 2 amide bonds. The van der Waals surface area contributed by atoms with Gasteiger partial charge in [-0.05, 0) is 68.3 Å². The fourth-order valence-electron chi connectivity index (χ4n) is 3.37. The zero-order valence-corrected chi connectivity index (χ0v) is 17.4. The number of ether oxygens (including phenoxy) is 1. The number of carbonyl (C=O) groups excluding carboxylic acids is 2. The monoisotopic (exact) mass is 395 g/mol. The van der Waals surface area contributed by atoms with Crippen LogP contribution in [0.25, 0.3) is 0 Å². The number of anilines is 1. The first-order chi connectivity index (χ1) is 14.0. The average molecular weight is 396 g/mol. The zero-order valence-electron chi connectivity index (χ0n) is 17.4. The normalized spacial score (nSPS) is 14.5. The third-order valence-electron chi connectivity index (χ3n) is 5.23. The van der Waals surface area contributed by atoms with Crippen LogP contribution in [0, 0.1) is 13.8 Å². The molecule has 154 valence electrons. The minimum atomic E-state index is -0.0527. The van der Waals surface area contributed by atoms with Crippen LogP contribution in [0.4, 0.5) is 5.69 Å². The van der Waals surface area contributed by atoms with Gasteiger partial charge in [-0.25, -0.2) is 0 Å². The highest BCUT2D eigenvalue weighted by atomic mass is 16.5. The molecule has 2 aromatic rings. The Kier molecular flexibility index (Phi) is 6.88. The fraction of sp³-hybridized carbons (Fsp3) is 0.391. The number of carbonyl (C=O) groups is 2. The molecule has 0 bridgehead atoms. The third kappa shape index (κ3) is 5.57. The predicted molar refractivity (Wildman–Crippen MR) is 115 cm³/mol. The van der Waals surface area contributed by atoms with Gasteiger partial charge in [0.05, 0.1) is 13.2 Å². The fourth-order valence-corrected chi connectivity index (χ4v) is 3.37. The van der Waals surface area contributed by atoms with E-state index in [9.17, 15) is 9.59 Å². The van der Waals surface area contributed by atoms with E-state index < -0.39 is 0 Å². The lowest BCUT2D eigenvalue weighted by molar-refractivity contribution is -0.117. The molecule has 1 fully saturated rings. The lowest BCUT2D eigenvalue weighted by Crippen LogP contribution is -2.50. The van der Waals surface area contributed by atoms with Gasteiger partial charge >= 0.3 is 0 Å². The summed E-state index contributed by atoms with van der Waals surface area (Å²) in [6.45, 7) is 9.56. The van der Waals surface area contributed by atoms with Crippen molar-refractivity contribution < 1.29 is 14.3 Å². The van der Waals surface area contributed by atoms with E-state index in [0.717, 1.165) is 22.6 Å². The Morgan fingerprint density at radius 3 is 2.28 bits per heavy atom. The summed E-state index contributed by atoms with van der Waals surface area (Å²) in [5, 5.41) is 2.91. The molecule has 0 radical (unpaired) electrons. The molecule has 1 aliphatic rings. The van der Waals surface area contributed by atoms with Crippen molar-refractivity contribution in [1.29, 1.82) is 0 Å². The lowest BCUT2D eigenvalue weighted by Gasteiger charge is -2.34. The Bertz CT molecular complexity index is 856. The van der Waals surface area contributed by atoms with Crippen molar-refractivity contribution >= 4 is 17.5 Å². The molecule has 0 aromatic heterocycles. The minimum Gasteiger partial charge on any atom is -0.494 e. The van der Waals surface area contributed by atoms with E-state index in [1.54, 1.807) is 0 Å². The van der Waals surface area contributed by atoms with Crippen LogP contribution in [-0.2, 0) is 4.79 Å². The molecule has 0 spiro atoms. The van der Waals surface area contributed by atoms with Crippen LogP contribution in [0.5, 0.6) is 5.75 Å². The number of amides is 2. The highest BCUT2D eigenvalue weighted by Crippen LogP contribution is 2.16. The Balaban J connectivity index is 1.47. The van der Waals surface area contributed by atoms with Gasteiger partial charge in [0.2, 0.25) is 5.91 Å². The van der Waals surface area contributed by atoms with Crippen molar-refractivity contribution in [2.75, 3.05) is 44.6 Å². The number of hydrogen-bond acceptors (Lipinski definition) is 4. The number of nitrogens with one attached hydrogen (secondary N) is 1. The third-order valence-corrected chi connectivity index (χ3v) is 5.23. The summed E-state index contributed by atoms with van der Waals surface area (Å²) in [6, 6.07) is 13.2. The summed E-state index contributed by atoms with van der Waals surface area (Å²) in [7, 11) is 0. The minimum absolute atomic E-state index is 0.0527. The van der Waals surface area contributed by atoms with Crippen molar-refractivity contribution in [3.8, 4) is 5.75 Å². The molecule has 0 unspecified atom stereocenters. The molecular formula is C23H29N3O3. The average Bonchev–Trinajstić information content (AvgIpc) is 2.72. The molecule has 1 heterocycles. The number of nitrogens with zero attached hydrogens (tertiary/aromatic N) is 2. The molecule has 29 heavy (non-hydrogen) atoms. The molecule has 6 nitrogen and oxygen atoms in total. The lowest BCUT2D eigenvalue weighted by atomic mass is 10.1. The van der Waals surface area contributed by atoms with Crippen LogP contribution < -0.4 is 10.1 Å². The van der Waals surface area contributed by atoms with Crippen molar-refractivity contribution in [2.24, 2.45) is 0 Å². The maximum absolute atomic E-state index is 12.7. The van der Waals surface area contributed by atoms with Gasteiger partial charge in [0.1, 0.15) is 5.75 Å². The van der Waals surface area contributed by atoms with Crippen LogP contribution >= 0.6 is 0 Å². The first kappa shape index (κ1) is 20.9. The summed E-state index contributed by atoms with van der Waals surface area (Å²) >= 11 is 0. The quantitative estimate of drug-likeness (QED) is 0.817. The van der Waals surface area contributed by atoms with Gasteiger partial charge < -0.3 is 15.0 Å². The molecule has 1 N–H and O–H groups in total. The largest absolute Gasteiger partial charge is 0.494 e. The van der Waals surface area contributed by atoms with Crippen molar-refractivity contribution in [3.63, 3.8) is 0 Å². The number of aryl methyl sites for hydroxylation is 2. The van der Waals surface area contributed by atoms with Gasteiger partial charge in [0, 0.05) is 37.4 Å². The molecule has 1 aliphatic heterocycles. The van der Waals surface area contributed by atoms with Crippen LogP contribution in [0.15, 0.2) is 42.5 Å². The van der Waals surface area contributed by atoms with Gasteiger partial charge in [-0.3, -0.25) is 14.5 Å². The summed E-state index contributed by atoms with van der Waals surface area (Å²) in [5.74, 6) is 0.796. The first-order valence-electron chi connectivity index (χ1n) is 10.1. The molecule has 0 aliphatic carbocycles. The van der Waals surface area contributed by atoms with Crippen LogP contribution in [0.3, 0.4) is 0 Å². The zero-order chi connectivity index (χ0) is 20.8. The second-order valence-electron chi connectivity index (χ2n) is 7.37. The molecular weight excluding hydrogens is 366 g/mol. The van der Waals surface area contributed by atoms with Gasteiger partial charge in [0.25, 0.3) is 5.91 Å². The maximum Gasteiger partial charge on any atom is 0.253 e. The van der Waals surface area contributed by atoms with Crippen molar-refractivity contribution in [2.45, 2.75) is 20.8 Å². The maximum atomic E-state index is 12.7. The number of hydrogen-bond donors (Lipinski definition) is 1. The topological polar surface area (TPSA) is 61.9 Å². The summed E-state index contributed by atoms with van der Waals surface area (Å²) in [6.07, 6.45) is 0. The van der Waals surface area contributed by atoms with E-state index in [-0.39, 0.29) is 11.8 Å². The number of benzene rings is 2. The second kappa shape index (κ2) is 9.56. The van der Waals surface area contributed by atoms with Gasteiger partial charge in [0.15, 0.2) is 0 Å². The van der Waals surface area contributed by atoms with E-state index >= 15 is 0 Å². The molecule has 2 aromatic carbocycles. The van der Waals surface area contributed by atoms with E-state index in [4.69, 9.17) is 4.74 Å². The Morgan fingerprint density at radius 2 is 1.66 bits per heavy atom. The Labute approximate surface area is 172 Å². The smallest absolute Gasteiger partial charge is 0.253 e. The SMILES string of the molecule is CCOc1ccc(NC(=O)CN2CCN(C(=O)c3ccc(C)c(C)c3)CC2)cc1. The van der Waals surface area contributed by atoms with E-state index in [1.165, 1.54) is 5.56 Å². The Morgan fingerprint density at radius 1 is 0.966 bits per heavy atom. The standard InChI is InChI=1S/C23H29N3O3/c1-4-29-21-9-7-20(8-10-21)24-22(27)16-25-11-13-26(14-12-25)23(28)19-6-5-17(2)18(3)15-19/h5-10,15H,4,11-14,16H2,1-3H3,(H,24,27). The van der Waals surface area contributed by atoms with Crippen molar-refractivity contribution in [1.82, 2.24) is 9.80 Å². The second-order valence-corrected chi connectivity index (χ2v) is 7.37. The molecule has 1 saturated heterocycles. The summed E-state index contributed by atoms with van der Waals surface area (Å²) in [4.78, 5) is 29.0. The van der Waals surface area contributed by atoms with E-state index in [0.29, 0.717) is 39.3 Å². The summed E-state index contributed by atoms with van der Waals surface area (Å²) < 4.78 is 5.41. The van der Waals surface area contributed by atoms with Gasteiger partial charge in [-0.15, -0.1) is 0 Å². The molecule has 0 atom stereocenters. The van der Waals surface area contributed by atoms with Gasteiger partial charge in [-0.2, -0.15) is 0 Å². The van der Waals surface area contributed by atoms with Crippen LogP contribution in [0.2, 0.25) is 0 Å². The van der Waals surface area contributed by atoms with E-state index in [2.05, 4.69) is 10.2 Å². The molecule has 6 heteroatoms. The van der Waals surface area contributed by atoms with Crippen LogP contribution in [-0.4, -0.2) is 60.9 Å². The highest BCUT2D eigenvalue weighted by molar-refractivity contribution is 5.95. The number of rotatable bonds is 6. The first-order valence-corrected chi connectivity index (χ1v) is 10.1. The highest BCUT2D eigenvalue weighted by Gasteiger charge is 2.23. The Hall–Kier alpha value is -2.86. The number of piperazine rings is 1. The van der Waals surface area contributed by atoms with Gasteiger partial charge in [-0.1, -0.05) is 6.07 Å². The molecule has 3 rings (SSSR count). The summed E-state index contributed by atoms with van der Waals surface area (Å²) in [5.41, 5.74) is 3.79. The predicted octanol–water partition coefficient (Wildman–Crippen LogP) is 3.10. The van der Waals surface area contributed by atoms with Crippen molar-refractivity contribution in [3.05, 3.63) is 59.2 Å². The van der Waals surface area contributed by atoms with Crippen LogP contribution in [0.1, 0.15) is 28.4 Å².